The number of carbonyl (C=O) groups excluding carboxylic acids is 1. The minimum absolute atomic E-state index is 0.0948. The molecule has 1 aromatic heterocycles. The zero-order valence-corrected chi connectivity index (χ0v) is 18.5. The van der Waals surface area contributed by atoms with Gasteiger partial charge in [-0.15, -0.1) is 0 Å². The fourth-order valence-corrected chi connectivity index (χ4v) is 5.32. The van der Waals surface area contributed by atoms with Crippen molar-refractivity contribution in [2.24, 2.45) is 0 Å². The summed E-state index contributed by atoms with van der Waals surface area (Å²) < 4.78 is 40.2. The third-order valence-corrected chi connectivity index (χ3v) is 7.50. The molecule has 1 heterocycles. The van der Waals surface area contributed by atoms with E-state index in [1.165, 1.54) is 34.4 Å². The molecule has 160 valence electrons. The van der Waals surface area contributed by atoms with Crippen LogP contribution in [0.25, 0.3) is 10.2 Å². The number of thiazole rings is 1. The molecular weight excluding hydrogens is 425 g/mol. The summed E-state index contributed by atoms with van der Waals surface area (Å²) in [7, 11) is -3.80. The van der Waals surface area contributed by atoms with Gasteiger partial charge in [0.1, 0.15) is 17.1 Å². The third kappa shape index (κ3) is 5.03. The third-order valence-electron chi connectivity index (χ3n) is 4.84. The first-order valence-electron chi connectivity index (χ1n) is 9.71. The maximum atomic E-state index is 14.1. The lowest BCUT2D eigenvalue weighted by Gasteiger charge is -2.24. The number of benzene rings is 2. The second kappa shape index (κ2) is 9.63. The number of amides is 1. The van der Waals surface area contributed by atoms with Gasteiger partial charge < -0.3 is 4.90 Å². The number of fused-ring (bicyclic) bond motifs is 1. The number of para-hydroxylation sites is 1. The van der Waals surface area contributed by atoms with Crippen LogP contribution in [-0.2, 0) is 14.6 Å². The van der Waals surface area contributed by atoms with Crippen molar-refractivity contribution in [3.05, 3.63) is 54.3 Å². The van der Waals surface area contributed by atoms with Crippen molar-refractivity contribution in [2.45, 2.75) is 18.7 Å². The van der Waals surface area contributed by atoms with Crippen molar-refractivity contribution in [3.8, 4) is 0 Å². The molecule has 0 N–H and O–H groups in total. The fourth-order valence-electron chi connectivity index (χ4n) is 3.08. The Morgan fingerprint density at radius 2 is 1.73 bits per heavy atom. The molecule has 6 nitrogen and oxygen atoms in total. The number of nitrogens with zero attached hydrogens (tertiary/aromatic N) is 3. The molecule has 3 rings (SSSR count). The van der Waals surface area contributed by atoms with Crippen molar-refractivity contribution >= 4 is 42.4 Å². The molecule has 3 aromatic rings. The molecular formula is C21H24FN3O3S2. The van der Waals surface area contributed by atoms with Gasteiger partial charge in [-0.1, -0.05) is 49.4 Å². The van der Waals surface area contributed by atoms with E-state index in [2.05, 4.69) is 9.88 Å². The Morgan fingerprint density at radius 3 is 2.37 bits per heavy atom. The van der Waals surface area contributed by atoms with Crippen LogP contribution < -0.4 is 4.90 Å². The number of rotatable bonds is 9. The molecule has 30 heavy (non-hydrogen) atoms. The number of likely N-dealkylation sites (N-methyl/N-ethyl adjacent to an activating group) is 1. The Kier molecular flexibility index (Phi) is 7.17. The summed E-state index contributed by atoms with van der Waals surface area (Å²) in [5, 5.41) is 0.301. The first-order chi connectivity index (χ1) is 14.4. The minimum atomic E-state index is -3.80. The summed E-state index contributed by atoms with van der Waals surface area (Å²) >= 11 is 1.18. The Bertz CT molecular complexity index is 1110. The van der Waals surface area contributed by atoms with Crippen molar-refractivity contribution in [3.63, 3.8) is 0 Å². The Labute approximate surface area is 179 Å². The summed E-state index contributed by atoms with van der Waals surface area (Å²) in [6, 6.07) is 12.5. The van der Waals surface area contributed by atoms with E-state index in [0.717, 1.165) is 13.1 Å². The zero-order valence-electron chi connectivity index (χ0n) is 16.9. The van der Waals surface area contributed by atoms with Gasteiger partial charge in [-0.25, -0.2) is 17.8 Å². The summed E-state index contributed by atoms with van der Waals surface area (Å²) in [4.78, 5) is 21.0. The van der Waals surface area contributed by atoms with E-state index in [0.29, 0.717) is 16.4 Å². The van der Waals surface area contributed by atoms with E-state index in [1.807, 2.05) is 13.8 Å². The highest BCUT2D eigenvalue weighted by Gasteiger charge is 2.27. The van der Waals surface area contributed by atoms with E-state index in [9.17, 15) is 17.6 Å². The van der Waals surface area contributed by atoms with Crippen LogP contribution in [0.1, 0.15) is 13.8 Å². The number of anilines is 1. The second-order valence-electron chi connectivity index (χ2n) is 6.73. The zero-order chi connectivity index (χ0) is 21.7. The van der Waals surface area contributed by atoms with Crippen LogP contribution in [0, 0.1) is 5.82 Å². The van der Waals surface area contributed by atoms with E-state index in [1.54, 1.807) is 30.3 Å². The lowest BCUT2D eigenvalue weighted by molar-refractivity contribution is -0.116. The summed E-state index contributed by atoms with van der Waals surface area (Å²) in [6.45, 7) is 6.46. The van der Waals surface area contributed by atoms with Crippen LogP contribution in [0.2, 0.25) is 0 Å². The number of halogens is 1. The van der Waals surface area contributed by atoms with Gasteiger partial charge in [0, 0.05) is 13.1 Å². The number of hydrogen-bond donors (Lipinski definition) is 0. The number of carbonyl (C=O) groups is 1. The van der Waals surface area contributed by atoms with Gasteiger partial charge in [0.15, 0.2) is 15.0 Å². The normalized spacial score (nSPS) is 11.9. The number of sulfone groups is 1. The maximum absolute atomic E-state index is 14.1. The van der Waals surface area contributed by atoms with Crippen LogP contribution in [0.5, 0.6) is 0 Å². The molecule has 2 aromatic carbocycles. The van der Waals surface area contributed by atoms with E-state index < -0.39 is 27.3 Å². The quantitative estimate of drug-likeness (QED) is 0.499. The van der Waals surface area contributed by atoms with Crippen molar-refractivity contribution in [1.82, 2.24) is 9.88 Å². The van der Waals surface area contributed by atoms with Gasteiger partial charge in [0.05, 0.1) is 9.60 Å². The molecule has 0 bridgehead atoms. The lowest BCUT2D eigenvalue weighted by Crippen LogP contribution is -2.41. The van der Waals surface area contributed by atoms with Crippen LogP contribution in [0.3, 0.4) is 0 Å². The van der Waals surface area contributed by atoms with Crippen molar-refractivity contribution in [1.29, 1.82) is 0 Å². The predicted octanol–water partition coefficient (Wildman–Crippen LogP) is 3.58. The molecule has 9 heteroatoms. The molecule has 0 aliphatic carbocycles. The standard InChI is InChI=1S/C21H24FN3O3S2/c1-3-24(4-2)13-14-25(21-23-20-17(22)11-8-12-18(20)29-21)19(26)15-30(27,28)16-9-6-5-7-10-16/h5-12H,3-4,13-15H2,1-2H3. The lowest BCUT2D eigenvalue weighted by atomic mass is 10.3. The molecule has 0 atom stereocenters. The average Bonchev–Trinajstić information content (AvgIpc) is 3.17. The average molecular weight is 450 g/mol. The largest absolute Gasteiger partial charge is 0.302 e. The fraction of sp³-hybridized carbons (Fsp3) is 0.333. The molecule has 0 unspecified atom stereocenters. The highest BCUT2D eigenvalue weighted by molar-refractivity contribution is 7.92. The Hall–Kier alpha value is -2.36. The molecule has 0 fully saturated rings. The molecule has 1 amide bonds. The number of hydrogen-bond acceptors (Lipinski definition) is 6. The van der Waals surface area contributed by atoms with Gasteiger partial charge in [0.25, 0.3) is 0 Å². The highest BCUT2D eigenvalue weighted by Crippen LogP contribution is 2.30. The minimum Gasteiger partial charge on any atom is -0.302 e. The Morgan fingerprint density at radius 1 is 1.03 bits per heavy atom. The first-order valence-corrected chi connectivity index (χ1v) is 12.2. The van der Waals surface area contributed by atoms with Crippen LogP contribution >= 0.6 is 11.3 Å². The van der Waals surface area contributed by atoms with Gasteiger partial charge in [0.2, 0.25) is 5.91 Å². The van der Waals surface area contributed by atoms with Crippen LogP contribution in [-0.4, -0.2) is 56.1 Å². The van der Waals surface area contributed by atoms with Gasteiger partial charge in [-0.2, -0.15) is 0 Å². The Balaban J connectivity index is 1.91. The summed E-state index contributed by atoms with van der Waals surface area (Å²) in [6.07, 6.45) is 0. The van der Waals surface area contributed by atoms with Crippen LogP contribution in [0.15, 0.2) is 53.4 Å². The summed E-state index contributed by atoms with van der Waals surface area (Å²) in [5.74, 6) is -1.72. The van der Waals surface area contributed by atoms with Crippen molar-refractivity contribution in [2.75, 3.05) is 36.8 Å². The summed E-state index contributed by atoms with van der Waals surface area (Å²) in [5.41, 5.74) is 0.184. The maximum Gasteiger partial charge on any atom is 0.244 e. The number of aromatic nitrogens is 1. The molecule has 0 spiro atoms. The van der Waals surface area contributed by atoms with Crippen molar-refractivity contribution < 1.29 is 17.6 Å². The highest BCUT2D eigenvalue weighted by atomic mass is 32.2. The van der Waals surface area contributed by atoms with E-state index in [4.69, 9.17) is 0 Å². The monoisotopic (exact) mass is 449 g/mol. The molecule has 0 radical (unpaired) electrons. The predicted molar refractivity (Wildman–Crippen MR) is 118 cm³/mol. The SMILES string of the molecule is CCN(CC)CCN(C(=O)CS(=O)(=O)c1ccccc1)c1nc2c(F)cccc2s1. The molecule has 0 aliphatic heterocycles. The van der Waals surface area contributed by atoms with Crippen LogP contribution in [0.4, 0.5) is 9.52 Å². The molecule has 0 saturated carbocycles. The molecule has 0 saturated heterocycles. The first kappa shape index (κ1) is 22.3. The van der Waals surface area contributed by atoms with Gasteiger partial charge in [-0.05, 0) is 37.4 Å². The molecule has 0 aliphatic rings. The smallest absolute Gasteiger partial charge is 0.244 e. The topological polar surface area (TPSA) is 70.6 Å². The van der Waals surface area contributed by atoms with E-state index in [-0.39, 0.29) is 17.0 Å². The van der Waals surface area contributed by atoms with Gasteiger partial charge >= 0.3 is 0 Å². The van der Waals surface area contributed by atoms with Gasteiger partial charge in [-0.3, -0.25) is 9.69 Å². The van der Waals surface area contributed by atoms with E-state index >= 15 is 0 Å². The second-order valence-corrected chi connectivity index (χ2v) is 9.73.